The Labute approximate surface area is 154 Å². The minimum Gasteiger partial charge on any atom is -0.492 e. The van der Waals surface area contributed by atoms with Crippen LogP contribution < -0.4 is 14.8 Å². The van der Waals surface area contributed by atoms with Crippen molar-refractivity contribution in [2.75, 3.05) is 13.2 Å². The third-order valence-electron chi connectivity index (χ3n) is 3.84. The second kappa shape index (κ2) is 9.33. The molecule has 0 fully saturated rings. The van der Waals surface area contributed by atoms with Crippen molar-refractivity contribution in [1.82, 2.24) is 5.32 Å². The van der Waals surface area contributed by atoms with Crippen LogP contribution in [-0.2, 0) is 4.79 Å². The smallest absolute Gasteiger partial charge is 0.261 e. The molecule has 0 aliphatic heterocycles. The average molecular weight is 362 g/mol. The molecule has 2 aromatic carbocycles. The van der Waals surface area contributed by atoms with Crippen LogP contribution in [0.25, 0.3) is 0 Å². The number of halogens is 1. The molecule has 1 amide bonds. The summed E-state index contributed by atoms with van der Waals surface area (Å²) in [6.45, 7) is 6.59. The molecule has 0 aromatic heterocycles. The van der Waals surface area contributed by atoms with Crippen LogP contribution in [0, 0.1) is 13.8 Å². The molecule has 1 N–H and O–H groups in total. The number of aryl methyl sites for hydroxylation is 2. The van der Waals surface area contributed by atoms with Crippen LogP contribution in [0.4, 0.5) is 0 Å². The molecular weight excluding hydrogens is 338 g/mol. The van der Waals surface area contributed by atoms with Gasteiger partial charge in [0.05, 0.1) is 6.54 Å². The Bertz CT molecular complexity index is 718. The SMILES string of the molecule is CCC(Oc1ccccc1C)C(=O)NCCOc1ccc(C)c(Cl)c1. The molecule has 134 valence electrons. The van der Waals surface area contributed by atoms with Crippen molar-refractivity contribution >= 4 is 17.5 Å². The highest BCUT2D eigenvalue weighted by atomic mass is 35.5. The van der Waals surface area contributed by atoms with Gasteiger partial charge in [0.2, 0.25) is 0 Å². The number of hydrogen-bond donors (Lipinski definition) is 1. The van der Waals surface area contributed by atoms with Gasteiger partial charge in [-0.2, -0.15) is 0 Å². The number of nitrogens with one attached hydrogen (secondary N) is 1. The molecule has 0 aliphatic carbocycles. The molecule has 0 aliphatic rings. The van der Waals surface area contributed by atoms with E-state index in [1.54, 1.807) is 6.07 Å². The van der Waals surface area contributed by atoms with E-state index in [1.165, 1.54) is 0 Å². The third-order valence-corrected chi connectivity index (χ3v) is 4.25. The van der Waals surface area contributed by atoms with Crippen LogP contribution in [0.1, 0.15) is 24.5 Å². The molecule has 0 radical (unpaired) electrons. The van der Waals surface area contributed by atoms with Gasteiger partial charge < -0.3 is 14.8 Å². The second-order valence-electron chi connectivity index (χ2n) is 5.83. The molecule has 2 rings (SSSR count). The van der Waals surface area contributed by atoms with Crippen molar-refractivity contribution in [1.29, 1.82) is 0 Å². The van der Waals surface area contributed by atoms with E-state index >= 15 is 0 Å². The van der Waals surface area contributed by atoms with Gasteiger partial charge in [-0.05, 0) is 49.6 Å². The molecule has 2 aromatic rings. The quantitative estimate of drug-likeness (QED) is 0.713. The van der Waals surface area contributed by atoms with Crippen molar-refractivity contribution in [2.24, 2.45) is 0 Å². The lowest BCUT2D eigenvalue weighted by atomic mass is 10.2. The van der Waals surface area contributed by atoms with Crippen molar-refractivity contribution in [2.45, 2.75) is 33.3 Å². The van der Waals surface area contributed by atoms with Crippen LogP contribution in [-0.4, -0.2) is 25.2 Å². The zero-order valence-electron chi connectivity index (χ0n) is 14.8. The lowest BCUT2D eigenvalue weighted by Gasteiger charge is -2.18. The lowest BCUT2D eigenvalue weighted by molar-refractivity contribution is -0.128. The van der Waals surface area contributed by atoms with Gasteiger partial charge in [0.25, 0.3) is 5.91 Å². The monoisotopic (exact) mass is 361 g/mol. The highest BCUT2D eigenvalue weighted by Crippen LogP contribution is 2.21. The zero-order chi connectivity index (χ0) is 18.2. The first-order chi connectivity index (χ1) is 12.0. The highest BCUT2D eigenvalue weighted by molar-refractivity contribution is 6.31. The Morgan fingerprint density at radius 3 is 2.60 bits per heavy atom. The van der Waals surface area contributed by atoms with E-state index < -0.39 is 6.10 Å². The van der Waals surface area contributed by atoms with E-state index in [9.17, 15) is 4.79 Å². The third kappa shape index (κ3) is 5.68. The summed E-state index contributed by atoms with van der Waals surface area (Å²) in [6.07, 6.45) is 0.0733. The molecule has 0 spiro atoms. The van der Waals surface area contributed by atoms with Crippen LogP contribution in [0.5, 0.6) is 11.5 Å². The van der Waals surface area contributed by atoms with Crippen molar-refractivity contribution in [3.8, 4) is 11.5 Å². The molecule has 0 saturated heterocycles. The fourth-order valence-corrected chi connectivity index (χ4v) is 2.46. The number of amides is 1. The fraction of sp³-hybridized carbons (Fsp3) is 0.350. The number of para-hydroxylation sites is 1. The minimum atomic E-state index is -0.519. The number of hydrogen-bond acceptors (Lipinski definition) is 3. The van der Waals surface area contributed by atoms with E-state index in [0.717, 1.165) is 16.9 Å². The van der Waals surface area contributed by atoms with Crippen LogP contribution >= 0.6 is 11.6 Å². The molecule has 0 heterocycles. The van der Waals surface area contributed by atoms with E-state index in [0.29, 0.717) is 30.3 Å². The normalized spacial score (nSPS) is 11.7. The van der Waals surface area contributed by atoms with E-state index in [2.05, 4.69) is 5.32 Å². The van der Waals surface area contributed by atoms with Crippen LogP contribution in [0.15, 0.2) is 42.5 Å². The molecule has 5 heteroatoms. The van der Waals surface area contributed by atoms with Gasteiger partial charge in [0, 0.05) is 5.02 Å². The van der Waals surface area contributed by atoms with E-state index in [-0.39, 0.29) is 5.91 Å². The Hall–Kier alpha value is -2.20. The first-order valence-corrected chi connectivity index (χ1v) is 8.78. The number of benzene rings is 2. The summed E-state index contributed by atoms with van der Waals surface area (Å²) in [4.78, 5) is 12.3. The highest BCUT2D eigenvalue weighted by Gasteiger charge is 2.18. The maximum atomic E-state index is 12.3. The topological polar surface area (TPSA) is 47.6 Å². The fourth-order valence-electron chi connectivity index (χ4n) is 2.28. The maximum absolute atomic E-state index is 12.3. The molecule has 1 atom stereocenters. The number of carbonyl (C=O) groups is 1. The number of carbonyl (C=O) groups excluding carboxylic acids is 1. The summed E-state index contributed by atoms with van der Waals surface area (Å²) >= 11 is 6.06. The average Bonchev–Trinajstić information content (AvgIpc) is 2.60. The second-order valence-corrected chi connectivity index (χ2v) is 6.24. The summed E-state index contributed by atoms with van der Waals surface area (Å²) in [5.74, 6) is 1.28. The Morgan fingerprint density at radius 2 is 1.92 bits per heavy atom. The van der Waals surface area contributed by atoms with Crippen molar-refractivity contribution < 1.29 is 14.3 Å². The standard InChI is InChI=1S/C20H24ClNO3/c1-4-18(25-19-8-6-5-7-15(19)3)20(23)22-11-12-24-16-10-9-14(2)17(21)13-16/h5-10,13,18H,4,11-12H2,1-3H3,(H,22,23). The van der Waals surface area contributed by atoms with Gasteiger partial charge in [-0.3, -0.25) is 4.79 Å². The van der Waals surface area contributed by atoms with E-state index in [1.807, 2.05) is 57.2 Å². The van der Waals surface area contributed by atoms with Crippen molar-refractivity contribution in [3.63, 3.8) is 0 Å². The van der Waals surface area contributed by atoms with Gasteiger partial charge in [-0.1, -0.05) is 42.8 Å². The zero-order valence-corrected chi connectivity index (χ0v) is 15.6. The molecule has 4 nitrogen and oxygen atoms in total. The molecule has 0 saturated carbocycles. The van der Waals surface area contributed by atoms with Gasteiger partial charge >= 0.3 is 0 Å². The molecular formula is C20H24ClNO3. The van der Waals surface area contributed by atoms with Crippen LogP contribution in [0.2, 0.25) is 5.02 Å². The van der Waals surface area contributed by atoms with Crippen molar-refractivity contribution in [3.05, 3.63) is 58.6 Å². The van der Waals surface area contributed by atoms with Crippen LogP contribution in [0.3, 0.4) is 0 Å². The summed E-state index contributed by atoms with van der Waals surface area (Å²) in [7, 11) is 0. The number of ether oxygens (including phenoxy) is 2. The summed E-state index contributed by atoms with van der Waals surface area (Å²) in [5.41, 5.74) is 2.01. The molecule has 0 bridgehead atoms. The summed E-state index contributed by atoms with van der Waals surface area (Å²) < 4.78 is 11.4. The summed E-state index contributed by atoms with van der Waals surface area (Å²) in [5, 5.41) is 3.51. The Kier molecular flexibility index (Phi) is 7.14. The predicted octanol–water partition coefficient (Wildman–Crippen LogP) is 4.31. The molecule has 25 heavy (non-hydrogen) atoms. The van der Waals surface area contributed by atoms with Gasteiger partial charge in [-0.25, -0.2) is 0 Å². The largest absolute Gasteiger partial charge is 0.492 e. The van der Waals surface area contributed by atoms with Gasteiger partial charge in [0.15, 0.2) is 6.10 Å². The van der Waals surface area contributed by atoms with Gasteiger partial charge in [0.1, 0.15) is 18.1 Å². The van der Waals surface area contributed by atoms with Gasteiger partial charge in [-0.15, -0.1) is 0 Å². The molecule has 1 unspecified atom stereocenters. The Morgan fingerprint density at radius 1 is 1.16 bits per heavy atom. The minimum absolute atomic E-state index is 0.142. The predicted molar refractivity (Wildman–Crippen MR) is 101 cm³/mol. The first kappa shape index (κ1) is 19.1. The lowest BCUT2D eigenvalue weighted by Crippen LogP contribution is -2.39. The van der Waals surface area contributed by atoms with E-state index in [4.69, 9.17) is 21.1 Å². The first-order valence-electron chi connectivity index (χ1n) is 8.40. The Balaban J connectivity index is 1.79. The number of rotatable bonds is 8. The maximum Gasteiger partial charge on any atom is 0.261 e. The summed E-state index contributed by atoms with van der Waals surface area (Å²) in [6, 6.07) is 13.2.